The van der Waals surface area contributed by atoms with Gasteiger partial charge < -0.3 is 15.3 Å². The van der Waals surface area contributed by atoms with Crippen molar-refractivity contribution in [2.45, 2.75) is 45.7 Å². The largest absolute Gasteiger partial charge is 0.394 e. The van der Waals surface area contributed by atoms with Crippen LogP contribution in [0.1, 0.15) is 34.1 Å². The zero-order valence-corrected chi connectivity index (χ0v) is 12.1. The van der Waals surface area contributed by atoms with E-state index in [9.17, 15) is 4.79 Å². The van der Waals surface area contributed by atoms with E-state index < -0.39 is 0 Å². The molecule has 1 rings (SSSR count). The number of rotatable bonds is 3. The van der Waals surface area contributed by atoms with Gasteiger partial charge in [0.05, 0.1) is 12.6 Å². The molecule has 5 heteroatoms. The van der Waals surface area contributed by atoms with E-state index in [1.54, 1.807) is 0 Å². The van der Waals surface area contributed by atoms with E-state index >= 15 is 0 Å². The molecule has 0 aliphatic carbocycles. The van der Waals surface area contributed by atoms with Crippen LogP contribution < -0.4 is 5.32 Å². The van der Waals surface area contributed by atoms with Gasteiger partial charge in [-0.2, -0.15) is 0 Å². The van der Waals surface area contributed by atoms with Crippen LogP contribution in [0.25, 0.3) is 0 Å². The quantitative estimate of drug-likeness (QED) is 0.789. The van der Waals surface area contributed by atoms with Crippen LogP contribution >= 0.6 is 0 Å². The zero-order chi connectivity index (χ0) is 13.8. The average molecular weight is 257 g/mol. The van der Waals surface area contributed by atoms with E-state index in [-0.39, 0.29) is 24.2 Å². The van der Waals surface area contributed by atoms with E-state index in [0.717, 1.165) is 32.6 Å². The summed E-state index contributed by atoms with van der Waals surface area (Å²) in [5.74, 6) is 0. The minimum absolute atomic E-state index is 0.00416. The Bertz CT molecular complexity index is 264. The average Bonchev–Trinajstić information content (AvgIpc) is 2.34. The number of hydrogen-bond acceptors (Lipinski definition) is 3. The summed E-state index contributed by atoms with van der Waals surface area (Å²) in [5.41, 5.74) is 0.166. The Morgan fingerprint density at radius 3 is 2.22 bits per heavy atom. The molecule has 106 valence electrons. The molecule has 2 amide bonds. The Morgan fingerprint density at radius 2 is 1.83 bits per heavy atom. The molecule has 0 aromatic rings. The van der Waals surface area contributed by atoms with E-state index in [0.29, 0.717) is 0 Å². The molecular formula is C13H27N3O2. The molecule has 2 N–H and O–H groups in total. The minimum Gasteiger partial charge on any atom is -0.394 e. The first-order valence-electron chi connectivity index (χ1n) is 6.79. The summed E-state index contributed by atoms with van der Waals surface area (Å²) >= 11 is 0. The molecule has 1 saturated heterocycles. The van der Waals surface area contributed by atoms with Gasteiger partial charge in [0.25, 0.3) is 0 Å². The third-order valence-electron chi connectivity index (χ3n) is 3.56. The Labute approximate surface area is 110 Å². The highest BCUT2D eigenvalue weighted by atomic mass is 16.3. The molecule has 1 fully saturated rings. The highest BCUT2D eigenvalue weighted by Gasteiger charge is 2.28. The fourth-order valence-electron chi connectivity index (χ4n) is 2.12. The Kier molecular flexibility index (Phi) is 5.41. The normalized spacial score (nSPS) is 19.7. The number of amides is 2. The van der Waals surface area contributed by atoms with Crippen molar-refractivity contribution in [3.8, 4) is 0 Å². The van der Waals surface area contributed by atoms with Crippen molar-refractivity contribution in [3.63, 3.8) is 0 Å². The highest BCUT2D eigenvalue weighted by Crippen LogP contribution is 2.15. The molecule has 0 bridgehead atoms. The van der Waals surface area contributed by atoms with Crippen LogP contribution in [0.2, 0.25) is 0 Å². The lowest BCUT2D eigenvalue weighted by Crippen LogP contribution is -2.57. The summed E-state index contributed by atoms with van der Waals surface area (Å²) in [6.45, 7) is 11.9. The first-order valence-corrected chi connectivity index (χ1v) is 6.79. The van der Waals surface area contributed by atoms with Gasteiger partial charge in [0.2, 0.25) is 0 Å². The first kappa shape index (κ1) is 15.2. The first-order chi connectivity index (χ1) is 8.38. The molecule has 0 saturated carbocycles. The maximum atomic E-state index is 12.0. The van der Waals surface area contributed by atoms with E-state index in [2.05, 4.69) is 31.0 Å². The Balaban J connectivity index is 2.41. The standard InChI is InChI=1S/C13H27N3O2/c1-5-11(10-17)14-12(18)15-6-8-16(9-7-15)13(2,3)4/h11,17H,5-10H2,1-4H3,(H,14,18). The van der Waals surface area contributed by atoms with Crippen LogP contribution in [0.5, 0.6) is 0 Å². The number of nitrogens with one attached hydrogen (secondary N) is 1. The van der Waals surface area contributed by atoms with E-state index in [1.807, 2.05) is 11.8 Å². The molecule has 5 nitrogen and oxygen atoms in total. The van der Waals surface area contributed by atoms with Crippen molar-refractivity contribution >= 4 is 6.03 Å². The van der Waals surface area contributed by atoms with Crippen LogP contribution in [0.4, 0.5) is 4.79 Å². The fourth-order valence-corrected chi connectivity index (χ4v) is 2.12. The predicted octanol–water partition coefficient (Wildman–Crippen LogP) is 0.883. The number of carbonyl (C=O) groups is 1. The van der Waals surface area contributed by atoms with Gasteiger partial charge in [-0.25, -0.2) is 4.79 Å². The molecule has 18 heavy (non-hydrogen) atoms. The van der Waals surface area contributed by atoms with Crippen molar-refractivity contribution in [2.75, 3.05) is 32.8 Å². The second kappa shape index (κ2) is 6.38. The molecule has 1 aliphatic rings. The van der Waals surface area contributed by atoms with Crippen LogP contribution in [-0.4, -0.2) is 65.3 Å². The number of urea groups is 1. The van der Waals surface area contributed by atoms with Crippen molar-refractivity contribution in [1.29, 1.82) is 0 Å². The summed E-state index contributed by atoms with van der Waals surface area (Å²) in [7, 11) is 0. The molecule has 0 aromatic heterocycles. The summed E-state index contributed by atoms with van der Waals surface area (Å²) in [4.78, 5) is 16.2. The van der Waals surface area contributed by atoms with Gasteiger partial charge in [-0.15, -0.1) is 0 Å². The molecule has 0 radical (unpaired) electrons. The molecule has 0 aromatic carbocycles. The van der Waals surface area contributed by atoms with Crippen molar-refractivity contribution in [1.82, 2.24) is 15.1 Å². The molecule has 1 heterocycles. The van der Waals surface area contributed by atoms with Gasteiger partial charge in [0, 0.05) is 31.7 Å². The third kappa shape index (κ3) is 4.14. The molecule has 1 unspecified atom stereocenters. The summed E-state index contributed by atoms with van der Waals surface area (Å²) in [6, 6.07) is -0.178. The number of piperazine rings is 1. The summed E-state index contributed by atoms with van der Waals surface area (Å²) < 4.78 is 0. The molecule has 1 aliphatic heterocycles. The molecule has 0 spiro atoms. The van der Waals surface area contributed by atoms with Crippen LogP contribution in [0.3, 0.4) is 0 Å². The lowest BCUT2D eigenvalue weighted by atomic mass is 10.1. The van der Waals surface area contributed by atoms with Gasteiger partial charge in [0.15, 0.2) is 0 Å². The number of carbonyl (C=O) groups excluding carboxylic acids is 1. The topological polar surface area (TPSA) is 55.8 Å². The van der Waals surface area contributed by atoms with Crippen LogP contribution in [-0.2, 0) is 0 Å². The predicted molar refractivity (Wildman–Crippen MR) is 72.6 cm³/mol. The number of nitrogens with zero attached hydrogens (tertiary/aromatic N) is 2. The second-order valence-electron chi connectivity index (χ2n) is 5.88. The SMILES string of the molecule is CCC(CO)NC(=O)N1CCN(C(C)(C)C)CC1. The third-order valence-corrected chi connectivity index (χ3v) is 3.56. The van der Waals surface area contributed by atoms with E-state index in [4.69, 9.17) is 5.11 Å². The molecular weight excluding hydrogens is 230 g/mol. The minimum atomic E-state index is -0.127. The lowest BCUT2D eigenvalue weighted by molar-refractivity contribution is 0.0727. The van der Waals surface area contributed by atoms with Gasteiger partial charge in [-0.3, -0.25) is 4.90 Å². The van der Waals surface area contributed by atoms with Gasteiger partial charge in [-0.1, -0.05) is 6.92 Å². The van der Waals surface area contributed by atoms with Crippen LogP contribution in [0, 0.1) is 0 Å². The number of aliphatic hydroxyl groups excluding tert-OH is 1. The number of hydrogen-bond donors (Lipinski definition) is 2. The molecule has 1 atom stereocenters. The number of aliphatic hydroxyl groups is 1. The lowest BCUT2D eigenvalue weighted by Gasteiger charge is -2.42. The Hall–Kier alpha value is -0.810. The second-order valence-corrected chi connectivity index (χ2v) is 5.88. The highest BCUT2D eigenvalue weighted by molar-refractivity contribution is 5.74. The van der Waals surface area contributed by atoms with Crippen molar-refractivity contribution < 1.29 is 9.90 Å². The smallest absolute Gasteiger partial charge is 0.317 e. The van der Waals surface area contributed by atoms with Gasteiger partial charge in [0.1, 0.15) is 0 Å². The van der Waals surface area contributed by atoms with Crippen LogP contribution in [0.15, 0.2) is 0 Å². The maximum absolute atomic E-state index is 12.0. The van der Waals surface area contributed by atoms with Gasteiger partial charge in [-0.05, 0) is 27.2 Å². The summed E-state index contributed by atoms with van der Waals surface area (Å²) in [5, 5.41) is 11.9. The Morgan fingerprint density at radius 1 is 1.28 bits per heavy atom. The zero-order valence-electron chi connectivity index (χ0n) is 12.1. The van der Waals surface area contributed by atoms with Gasteiger partial charge >= 0.3 is 6.03 Å². The van der Waals surface area contributed by atoms with E-state index in [1.165, 1.54) is 0 Å². The van der Waals surface area contributed by atoms with Crippen molar-refractivity contribution in [2.24, 2.45) is 0 Å². The monoisotopic (exact) mass is 257 g/mol. The summed E-state index contributed by atoms with van der Waals surface area (Å²) in [6.07, 6.45) is 0.754. The maximum Gasteiger partial charge on any atom is 0.317 e. The fraction of sp³-hybridized carbons (Fsp3) is 0.923. The van der Waals surface area contributed by atoms with Crippen molar-refractivity contribution in [3.05, 3.63) is 0 Å².